The van der Waals surface area contributed by atoms with Crippen molar-refractivity contribution < 1.29 is 0 Å². The van der Waals surface area contributed by atoms with E-state index < -0.39 is 0 Å². The number of aromatic nitrogens is 3. The number of benzene rings is 2. The van der Waals surface area contributed by atoms with Crippen molar-refractivity contribution in [3.63, 3.8) is 0 Å². The van der Waals surface area contributed by atoms with E-state index in [-0.39, 0.29) is 0 Å². The summed E-state index contributed by atoms with van der Waals surface area (Å²) in [5, 5.41) is 12.1. The SMILES string of the molecule is CN(Cc1ccccc1)c1cnnc(NCCc2ccc(Cl)cc2)n1. The summed E-state index contributed by atoms with van der Waals surface area (Å²) >= 11 is 5.90. The molecule has 0 fully saturated rings. The molecule has 128 valence electrons. The van der Waals surface area contributed by atoms with Gasteiger partial charge in [-0.15, -0.1) is 5.10 Å². The van der Waals surface area contributed by atoms with E-state index in [9.17, 15) is 0 Å². The number of rotatable bonds is 7. The molecule has 0 bridgehead atoms. The summed E-state index contributed by atoms with van der Waals surface area (Å²) < 4.78 is 0. The molecular formula is C19H20ClN5. The summed E-state index contributed by atoms with van der Waals surface area (Å²) in [7, 11) is 1.99. The molecule has 0 saturated carbocycles. The lowest BCUT2D eigenvalue weighted by Crippen LogP contribution is -2.19. The van der Waals surface area contributed by atoms with Crippen LogP contribution in [0.5, 0.6) is 0 Å². The minimum absolute atomic E-state index is 0.534. The van der Waals surface area contributed by atoms with Gasteiger partial charge in [-0.3, -0.25) is 0 Å². The molecule has 0 atom stereocenters. The van der Waals surface area contributed by atoms with Gasteiger partial charge in [-0.25, -0.2) is 0 Å². The molecule has 0 unspecified atom stereocenters. The van der Waals surface area contributed by atoms with Gasteiger partial charge < -0.3 is 10.2 Å². The Balaban J connectivity index is 1.56. The lowest BCUT2D eigenvalue weighted by molar-refractivity contribution is 0.856. The maximum absolute atomic E-state index is 5.90. The summed E-state index contributed by atoms with van der Waals surface area (Å²) in [5.41, 5.74) is 2.43. The van der Waals surface area contributed by atoms with Crippen molar-refractivity contribution in [2.45, 2.75) is 13.0 Å². The number of nitrogens with one attached hydrogen (secondary N) is 1. The van der Waals surface area contributed by atoms with Crippen molar-refractivity contribution in [3.05, 3.63) is 76.9 Å². The topological polar surface area (TPSA) is 53.9 Å². The quantitative estimate of drug-likeness (QED) is 0.699. The second-order valence-electron chi connectivity index (χ2n) is 5.78. The van der Waals surface area contributed by atoms with E-state index in [1.807, 2.05) is 54.4 Å². The van der Waals surface area contributed by atoms with Gasteiger partial charge in [0.05, 0.1) is 6.20 Å². The van der Waals surface area contributed by atoms with E-state index in [2.05, 4.69) is 32.6 Å². The smallest absolute Gasteiger partial charge is 0.244 e. The predicted molar refractivity (Wildman–Crippen MR) is 102 cm³/mol. The highest BCUT2D eigenvalue weighted by atomic mass is 35.5. The fourth-order valence-corrected chi connectivity index (χ4v) is 2.59. The van der Waals surface area contributed by atoms with Crippen molar-refractivity contribution >= 4 is 23.4 Å². The van der Waals surface area contributed by atoms with Gasteiger partial charge in [0.25, 0.3) is 0 Å². The first-order valence-corrected chi connectivity index (χ1v) is 8.51. The monoisotopic (exact) mass is 353 g/mol. The van der Waals surface area contributed by atoms with Gasteiger partial charge in [-0.2, -0.15) is 10.1 Å². The first-order chi connectivity index (χ1) is 12.2. The molecule has 0 amide bonds. The molecule has 1 N–H and O–H groups in total. The van der Waals surface area contributed by atoms with Gasteiger partial charge in [0.1, 0.15) is 0 Å². The number of hydrogen-bond donors (Lipinski definition) is 1. The second kappa shape index (κ2) is 8.44. The van der Waals surface area contributed by atoms with Crippen LogP contribution in [0.4, 0.5) is 11.8 Å². The van der Waals surface area contributed by atoms with Crippen LogP contribution in [0.15, 0.2) is 60.8 Å². The normalized spacial score (nSPS) is 10.5. The molecule has 0 aliphatic heterocycles. The van der Waals surface area contributed by atoms with Gasteiger partial charge in [-0.1, -0.05) is 54.1 Å². The highest BCUT2D eigenvalue weighted by molar-refractivity contribution is 6.30. The summed E-state index contributed by atoms with van der Waals surface area (Å²) in [6, 6.07) is 18.1. The Morgan fingerprint density at radius 2 is 1.76 bits per heavy atom. The van der Waals surface area contributed by atoms with Crippen LogP contribution in [0.2, 0.25) is 5.02 Å². The molecule has 1 heterocycles. The highest BCUT2D eigenvalue weighted by Gasteiger charge is 2.06. The largest absolute Gasteiger partial charge is 0.354 e. The molecule has 5 nitrogen and oxygen atoms in total. The molecule has 0 saturated heterocycles. The number of anilines is 2. The first-order valence-electron chi connectivity index (χ1n) is 8.14. The molecule has 3 aromatic rings. The number of halogens is 1. The third-order valence-electron chi connectivity index (χ3n) is 3.81. The zero-order valence-corrected chi connectivity index (χ0v) is 14.8. The molecule has 3 rings (SSSR count). The Morgan fingerprint density at radius 1 is 1.00 bits per heavy atom. The van der Waals surface area contributed by atoms with Crippen LogP contribution in [-0.4, -0.2) is 28.8 Å². The van der Waals surface area contributed by atoms with Crippen LogP contribution in [0.25, 0.3) is 0 Å². The number of nitrogens with zero attached hydrogens (tertiary/aromatic N) is 4. The molecule has 0 radical (unpaired) electrons. The fraction of sp³-hybridized carbons (Fsp3) is 0.211. The maximum Gasteiger partial charge on any atom is 0.244 e. The molecule has 1 aromatic heterocycles. The van der Waals surface area contributed by atoms with E-state index >= 15 is 0 Å². The maximum atomic E-state index is 5.90. The summed E-state index contributed by atoms with van der Waals surface area (Å²) in [5.74, 6) is 1.32. The Labute approximate surface area is 152 Å². The summed E-state index contributed by atoms with van der Waals surface area (Å²) in [6.07, 6.45) is 2.54. The minimum Gasteiger partial charge on any atom is -0.354 e. The molecule has 25 heavy (non-hydrogen) atoms. The summed E-state index contributed by atoms with van der Waals surface area (Å²) in [6.45, 7) is 1.50. The van der Waals surface area contributed by atoms with Crippen molar-refractivity contribution in [1.29, 1.82) is 0 Å². The lowest BCUT2D eigenvalue weighted by atomic mass is 10.1. The zero-order valence-electron chi connectivity index (χ0n) is 14.1. The van der Waals surface area contributed by atoms with Crippen LogP contribution in [0, 0.1) is 0 Å². The molecule has 2 aromatic carbocycles. The Kier molecular flexibility index (Phi) is 5.80. The van der Waals surface area contributed by atoms with E-state index in [1.165, 1.54) is 11.1 Å². The van der Waals surface area contributed by atoms with E-state index in [0.29, 0.717) is 5.95 Å². The van der Waals surface area contributed by atoms with Gasteiger partial charge in [-0.05, 0) is 29.7 Å². The average Bonchev–Trinajstić information content (AvgIpc) is 2.64. The van der Waals surface area contributed by atoms with Crippen LogP contribution in [0.1, 0.15) is 11.1 Å². The van der Waals surface area contributed by atoms with E-state index in [4.69, 9.17) is 11.6 Å². The van der Waals surface area contributed by atoms with Gasteiger partial charge >= 0.3 is 0 Å². The zero-order chi connectivity index (χ0) is 17.5. The Morgan fingerprint density at radius 3 is 2.52 bits per heavy atom. The predicted octanol–water partition coefficient (Wildman–Crippen LogP) is 3.82. The standard InChI is InChI=1S/C19H20ClN5/c1-25(14-16-5-3-2-4-6-16)18-13-22-24-19(23-18)21-12-11-15-7-9-17(20)10-8-15/h2-10,13H,11-12,14H2,1H3,(H,21,23,24). The molecule has 0 aliphatic rings. The molecular weight excluding hydrogens is 334 g/mol. The molecule has 0 spiro atoms. The molecule has 0 aliphatic carbocycles. The minimum atomic E-state index is 0.534. The number of hydrogen-bond acceptors (Lipinski definition) is 5. The van der Waals surface area contributed by atoms with Crippen molar-refractivity contribution in [1.82, 2.24) is 15.2 Å². The van der Waals surface area contributed by atoms with Crippen molar-refractivity contribution in [2.75, 3.05) is 23.8 Å². The van der Waals surface area contributed by atoms with E-state index in [1.54, 1.807) is 6.20 Å². The van der Waals surface area contributed by atoms with Crippen molar-refractivity contribution in [3.8, 4) is 0 Å². The van der Waals surface area contributed by atoms with Crippen LogP contribution < -0.4 is 10.2 Å². The average molecular weight is 354 g/mol. The van der Waals surface area contributed by atoms with Crippen molar-refractivity contribution in [2.24, 2.45) is 0 Å². The van der Waals surface area contributed by atoms with Gasteiger partial charge in [0.2, 0.25) is 5.95 Å². The van der Waals surface area contributed by atoms with Gasteiger partial charge in [0.15, 0.2) is 5.82 Å². The Hall–Kier alpha value is -2.66. The van der Waals surface area contributed by atoms with Crippen LogP contribution >= 0.6 is 11.6 Å². The third-order valence-corrected chi connectivity index (χ3v) is 4.06. The highest BCUT2D eigenvalue weighted by Crippen LogP contribution is 2.13. The third kappa shape index (κ3) is 5.16. The second-order valence-corrected chi connectivity index (χ2v) is 6.22. The lowest BCUT2D eigenvalue weighted by Gasteiger charge is -2.18. The Bertz CT molecular complexity index is 792. The fourth-order valence-electron chi connectivity index (χ4n) is 2.46. The van der Waals surface area contributed by atoms with E-state index in [0.717, 1.165) is 30.4 Å². The molecule has 6 heteroatoms. The van der Waals surface area contributed by atoms with Crippen LogP contribution in [-0.2, 0) is 13.0 Å². The first kappa shape index (κ1) is 17.2. The van der Waals surface area contributed by atoms with Crippen LogP contribution in [0.3, 0.4) is 0 Å². The van der Waals surface area contributed by atoms with Gasteiger partial charge in [0, 0.05) is 25.2 Å². The summed E-state index contributed by atoms with van der Waals surface area (Å²) in [4.78, 5) is 6.58.